The van der Waals surface area contributed by atoms with Crippen molar-refractivity contribution in [3.63, 3.8) is 0 Å². The molecule has 1 aromatic carbocycles. The topological polar surface area (TPSA) is 50.5 Å². The average Bonchev–Trinajstić information content (AvgIpc) is 3.20. The van der Waals surface area contributed by atoms with Crippen molar-refractivity contribution >= 4 is 23.3 Å². The Bertz CT molecular complexity index is 724. The van der Waals surface area contributed by atoms with Crippen molar-refractivity contribution in [2.45, 2.75) is 32.2 Å². The first-order valence-corrected chi connectivity index (χ1v) is 8.08. The number of amides is 1. The second kappa shape index (κ2) is 6.59. The van der Waals surface area contributed by atoms with Gasteiger partial charge < -0.3 is 9.32 Å². The van der Waals surface area contributed by atoms with E-state index in [2.05, 4.69) is 0 Å². The fraction of sp³-hybridized carbons (Fsp3) is 0.333. The number of aryl methyl sites for hydroxylation is 1. The SMILES string of the molecule is Cc1ccc(C(=O)N2CCC[C@@H]2CC(=O)c2ccco2)cc1Cl. The molecule has 1 saturated heterocycles. The third-order valence-electron chi connectivity index (χ3n) is 4.27. The van der Waals surface area contributed by atoms with Gasteiger partial charge in [0.2, 0.25) is 0 Å². The van der Waals surface area contributed by atoms with Gasteiger partial charge in [-0.1, -0.05) is 17.7 Å². The van der Waals surface area contributed by atoms with Crippen LogP contribution in [-0.4, -0.2) is 29.2 Å². The smallest absolute Gasteiger partial charge is 0.254 e. The molecule has 1 amide bonds. The first kappa shape index (κ1) is 15.8. The Morgan fingerprint density at radius 2 is 2.17 bits per heavy atom. The second-order valence-electron chi connectivity index (χ2n) is 5.86. The zero-order chi connectivity index (χ0) is 16.4. The van der Waals surface area contributed by atoms with E-state index in [4.69, 9.17) is 16.0 Å². The van der Waals surface area contributed by atoms with Crippen LogP contribution < -0.4 is 0 Å². The number of furan rings is 1. The molecule has 0 saturated carbocycles. The molecule has 1 fully saturated rings. The number of hydrogen-bond donors (Lipinski definition) is 0. The molecule has 0 spiro atoms. The molecule has 1 aliphatic heterocycles. The number of halogens is 1. The monoisotopic (exact) mass is 331 g/mol. The molecular formula is C18H18ClNO3. The van der Waals surface area contributed by atoms with Crippen LogP contribution in [0.2, 0.25) is 5.02 Å². The predicted molar refractivity (Wildman–Crippen MR) is 87.9 cm³/mol. The van der Waals surface area contributed by atoms with E-state index in [1.807, 2.05) is 13.0 Å². The number of carbonyl (C=O) groups is 2. The van der Waals surface area contributed by atoms with Crippen LogP contribution in [0.25, 0.3) is 0 Å². The van der Waals surface area contributed by atoms with Crippen LogP contribution in [0.3, 0.4) is 0 Å². The van der Waals surface area contributed by atoms with Gasteiger partial charge >= 0.3 is 0 Å². The Kier molecular flexibility index (Phi) is 4.53. The van der Waals surface area contributed by atoms with E-state index >= 15 is 0 Å². The molecule has 2 aromatic rings. The number of hydrogen-bond acceptors (Lipinski definition) is 3. The van der Waals surface area contributed by atoms with Gasteiger partial charge in [0, 0.05) is 29.6 Å². The minimum atomic E-state index is -0.0832. The van der Waals surface area contributed by atoms with Crippen LogP contribution in [0.15, 0.2) is 41.0 Å². The van der Waals surface area contributed by atoms with Crippen LogP contribution in [0.1, 0.15) is 45.7 Å². The van der Waals surface area contributed by atoms with Crippen molar-refractivity contribution in [3.8, 4) is 0 Å². The molecule has 0 radical (unpaired) electrons. The molecular weight excluding hydrogens is 314 g/mol. The Morgan fingerprint density at radius 1 is 1.35 bits per heavy atom. The fourth-order valence-electron chi connectivity index (χ4n) is 2.96. The molecule has 0 unspecified atom stereocenters. The number of rotatable bonds is 4. The van der Waals surface area contributed by atoms with Crippen LogP contribution in [0, 0.1) is 6.92 Å². The summed E-state index contributed by atoms with van der Waals surface area (Å²) in [6.45, 7) is 2.57. The van der Waals surface area contributed by atoms with E-state index < -0.39 is 0 Å². The molecule has 120 valence electrons. The fourth-order valence-corrected chi connectivity index (χ4v) is 3.14. The third-order valence-corrected chi connectivity index (χ3v) is 4.68. The molecule has 3 rings (SSSR count). The summed E-state index contributed by atoms with van der Waals surface area (Å²) in [5.41, 5.74) is 1.51. The van der Waals surface area contributed by atoms with Crippen molar-refractivity contribution in [2.75, 3.05) is 6.54 Å². The van der Waals surface area contributed by atoms with Gasteiger partial charge in [0.25, 0.3) is 5.91 Å². The average molecular weight is 332 g/mol. The van der Waals surface area contributed by atoms with Crippen molar-refractivity contribution < 1.29 is 14.0 Å². The van der Waals surface area contributed by atoms with E-state index in [0.29, 0.717) is 29.3 Å². The summed E-state index contributed by atoms with van der Waals surface area (Å²) in [5, 5.41) is 0.582. The molecule has 4 nitrogen and oxygen atoms in total. The summed E-state index contributed by atoms with van der Waals surface area (Å²) in [6, 6.07) is 8.59. The molecule has 0 bridgehead atoms. The summed E-state index contributed by atoms with van der Waals surface area (Å²) >= 11 is 6.12. The molecule has 0 aliphatic carbocycles. The van der Waals surface area contributed by atoms with Crippen molar-refractivity contribution in [3.05, 3.63) is 58.5 Å². The number of carbonyl (C=O) groups excluding carboxylic acids is 2. The van der Waals surface area contributed by atoms with Gasteiger partial charge in [-0.05, 0) is 49.6 Å². The second-order valence-corrected chi connectivity index (χ2v) is 6.27. The maximum Gasteiger partial charge on any atom is 0.254 e. The van der Waals surface area contributed by atoms with E-state index in [1.165, 1.54) is 6.26 Å². The Labute approximate surface area is 140 Å². The van der Waals surface area contributed by atoms with E-state index in [9.17, 15) is 9.59 Å². The largest absolute Gasteiger partial charge is 0.461 e. The molecule has 1 aromatic heterocycles. The Balaban J connectivity index is 1.74. The van der Waals surface area contributed by atoms with Gasteiger partial charge in [-0.2, -0.15) is 0 Å². The maximum atomic E-state index is 12.7. The molecule has 1 aliphatic rings. The number of Topliss-reactive ketones (excluding diaryl/α,β-unsaturated/α-hetero) is 1. The minimum absolute atomic E-state index is 0.0679. The molecule has 5 heteroatoms. The summed E-state index contributed by atoms with van der Waals surface area (Å²) in [4.78, 5) is 26.7. The molecule has 2 heterocycles. The summed E-state index contributed by atoms with van der Waals surface area (Å²) in [5.74, 6) is 0.214. The molecule has 0 N–H and O–H groups in total. The number of ketones is 1. The summed E-state index contributed by atoms with van der Waals surface area (Å²) in [6.07, 6.45) is 3.51. The standard InChI is InChI=1S/C18H18ClNO3/c1-12-6-7-13(10-15(12)19)18(22)20-8-2-4-14(20)11-16(21)17-5-3-9-23-17/h3,5-7,9-10,14H,2,4,8,11H2,1H3/t14-/m1/s1. The van der Waals surface area contributed by atoms with Gasteiger partial charge in [-0.15, -0.1) is 0 Å². The highest BCUT2D eigenvalue weighted by Crippen LogP contribution is 2.25. The number of nitrogens with zero attached hydrogens (tertiary/aromatic N) is 1. The predicted octanol–water partition coefficient (Wildman–Crippen LogP) is 4.12. The van der Waals surface area contributed by atoms with Gasteiger partial charge in [0.05, 0.1) is 6.26 Å². The van der Waals surface area contributed by atoms with Gasteiger partial charge in [-0.25, -0.2) is 0 Å². The maximum absolute atomic E-state index is 12.7. The van der Waals surface area contributed by atoms with Crippen LogP contribution in [0.4, 0.5) is 0 Å². The lowest BCUT2D eigenvalue weighted by atomic mass is 10.1. The third kappa shape index (κ3) is 3.32. The van der Waals surface area contributed by atoms with E-state index in [1.54, 1.807) is 29.2 Å². The first-order chi connectivity index (χ1) is 11.1. The van der Waals surface area contributed by atoms with Gasteiger partial charge in [0.1, 0.15) is 0 Å². The number of benzene rings is 1. The quantitative estimate of drug-likeness (QED) is 0.792. The lowest BCUT2D eigenvalue weighted by Crippen LogP contribution is -2.36. The van der Waals surface area contributed by atoms with Crippen LogP contribution >= 0.6 is 11.6 Å². The lowest BCUT2D eigenvalue weighted by Gasteiger charge is -2.24. The summed E-state index contributed by atoms with van der Waals surface area (Å²) in [7, 11) is 0. The first-order valence-electron chi connectivity index (χ1n) is 7.70. The zero-order valence-corrected chi connectivity index (χ0v) is 13.7. The Morgan fingerprint density at radius 3 is 2.87 bits per heavy atom. The van der Waals surface area contributed by atoms with Gasteiger partial charge in [0.15, 0.2) is 11.5 Å². The highest BCUT2D eigenvalue weighted by Gasteiger charge is 2.31. The van der Waals surface area contributed by atoms with E-state index in [-0.39, 0.29) is 17.7 Å². The molecule has 1 atom stereocenters. The Hall–Kier alpha value is -2.07. The highest BCUT2D eigenvalue weighted by atomic mass is 35.5. The highest BCUT2D eigenvalue weighted by molar-refractivity contribution is 6.31. The van der Waals surface area contributed by atoms with Crippen LogP contribution in [0.5, 0.6) is 0 Å². The van der Waals surface area contributed by atoms with Crippen molar-refractivity contribution in [1.82, 2.24) is 4.90 Å². The summed E-state index contributed by atoms with van der Waals surface area (Å²) < 4.78 is 5.14. The van der Waals surface area contributed by atoms with Crippen LogP contribution in [-0.2, 0) is 0 Å². The lowest BCUT2D eigenvalue weighted by molar-refractivity contribution is 0.0713. The van der Waals surface area contributed by atoms with Crippen molar-refractivity contribution in [2.24, 2.45) is 0 Å². The molecule has 23 heavy (non-hydrogen) atoms. The normalized spacial score (nSPS) is 17.5. The number of likely N-dealkylation sites (tertiary alicyclic amines) is 1. The minimum Gasteiger partial charge on any atom is -0.461 e. The van der Waals surface area contributed by atoms with Gasteiger partial charge in [-0.3, -0.25) is 9.59 Å². The zero-order valence-electron chi connectivity index (χ0n) is 12.9. The van der Waals surface area contributed by atoms with E-state index in [0.717, 1.165) is 18.4 Å². The van der Waals surface area contributed by atoms with Crippen molar-refractivity contribution in [1.29, 1.82) is 0 Å².